The van der Waals surface area contributed by atoms with Crippen LogP contribution >= 0.6 is 11.6 Å². The Morgan fingerprint density at radius 3 is 3.04 bits per heavy atom. The van der Waals surface area contributed by atoms with E-state index in [-0.39, 0.29) is 28.9 Å². The highest BCUT2D eigenvalue weighted by Gasteiger charge is 2.17. The third-order valence-electron chi connectivity index (χ3n) is 2.78. The number of benzene rings is 1. The Kier molecular flexibility index (Phi) is 4.02. The lowest BCUT2D eigenvalue weighted by Gasteiger charge is -2.02. The van der Waals surface area contributed by atoms with E-state index >= 15 is 0 Å². The molecule has 0 saturated heterocycles. The van der Waals surface area contributed by atoms with Crippen molar-refractivity contribution in [3.63, 3.8) is 0 Å². The van der Waals surface area contributed by atoms with Gasteiger partial charge in [0.15, 0.2) is 23.9 Å². The maximum atomic E-state index is 13.9. The summed E-state index contributed by atoms with van der Waals surface area (Å²) in [5, 5.41) is 10.8. The number of aromatic nitrogens is 5. The van der Waals surface area contributed by atoms with E-state index in [0.717, 1.165) is 4.68 Å². The van der Waals surface area contributed by atoms with E-state index in [1.165, 1.54) is 18.3 Å². The molecule has 0 spiro atoms. The van der Waals surface area contributed by atoms with Crippen molar-refractivity contribution in [1.29, 1.82) is 0 Å². The van der Waals surface area contributed by atoms with Crippen LogP contribution in [0.2, 0.25) is 5.02 Å². The molecule has 0 fully saturated rings. The van der Waals surface area contributed by atoms with E-state index in [9.17, 15) is 9.18 Å². The highest BCUT2D eigenvalue weighted by atomic mass is 35.5. The van der Waals surface area contributed by atoms with Gasteiger partial charge in [-0.05, 0) is 19.1 Å². The zero-order valence-electron chi connectivity index (χ0n) is 11.7. The topological polar surface area (TPSA) is 95.9 Å². The molecule has 0 unspecified atom stereocenters. The second-order valence-electron chi connectivity index (χ2n) is 4.43. The molecule has 0 atom stereocenters. The smallest absolute Gasteiger partial charge is 0.361 e. The summed E-state index contributed by atoms with van der Waals surface area (Å²) in [5.74, 6) is -0.836. The van der Waals surface area contributed by atoms with Crippen LogP contribution in [0, 0.1) is 12.7 Å². The van der Waals surface area contributed by atoms with Gasteiger partial charge in [-0.2, -0.15) is 4.98 Å². The van der Waals surface area contributed by atoms with E-state index in [4.69, 9.17) is 20.9 Å². The molecular weight excluding hydrogens is 329 g/mol. The van der Waals surface area contributed by atoms with Crippen molar-refractivity contribution in [3.8, 4) is 5.69 Å². The molecule has 2 aromatic heterocycles. The van der Waals surface area contributed by atoms with Crippen LogP contribution in [0.3, 0.4) is 0 Å². The number of nitrogens with zero attached hydrogens (tertiary/aromatic N) is 5. The Hall–Kier alpha value is -2.81. The Bertz CT molecular complexity index is 863. The third kappa shape index (κ3) is 3.19. The molecule has 2 heterocycles. The number of rotatable bonds is 4. The van der Waals surface area contributed by atoms with Crippen LogP contribution in [-0.4, -0.2) is 31.1 Å². The summed E-state index contributed by atoms with van der Waals surface area (Å²) in [4.78, 5) is 15.8. The number of aryl methyl sites for hydroxylation is 1. The lowest BCUT2D eigenvalue weighted by molar-refractivity contribution is 0.0423. The summed E-state index contributed by atoms with van der Waals surface area (Å²) < 4.78 is 24.8. The first-order valence-electron chi connectivity index (χ1n) is 6.37. The fourth-order valence-corrected chi connectivity index (χ4v) is 1.91. The number of esters is 1. The van der Waals surface area contributed by atoms with Gasteiger partial charge in [-0.25, -0.2) is 13.9 Å². The SMILES string of the molecule is Cc1noc(COC(=O)c2cn(-c3cccc(Cl)c3F)nn2)n1. The summed E-state index contributed by atoms with van der Waals surface area (Å²) in [5.41, 5.74) is -0.0304. The van der Waals surface area contributed by atoms with Crippen LogP contribution in [0.25, 0.3) is 5.69 Å². The predicted molar refractivity (Wildman–Crippen MR) is 74.5 cm³/mol. The van der Waals surface area contributed by atoms with Crippen LogP contribution in [0.1, 0.15) is 22.2 Å². The van der Waals surface area contributed by atoms with Crippen LogP contribution < -0.4 is 0 Å². The molecule has 23 heavy (non-hydrogen) atoms. The van der Waals surface area contributed by atoms with Crippen molar-refractivity contribution in [2.24, 2.45) is 0 Å². The highest BCUT2D eigenvalue weighted by molar-refractivity contribution is 6.30. The van der Waals surface area contributed by atoms with Gasteiger partial charge in [0.25, 0.3) is 5.89 Å². The summed E-state index contributed by atoms with van der Waals surface area (Å²) in [6.07, 6.45) is 1.23. The molecule has 118 valence electrons. The molecule has 1 aromatic carbocycles. The first-order chi connectivity index (χ1) is 11.0. The number of ether oxygens (including phenoxy) is 1. The molecular formula is C13H9ClFN5O3. The van der Waals surface area contributed by atoms with Crippen molar-refractivity contribution in [1.82, 2.24) is 25.1 Å². The standard InChI is InChI=1S/C13H9ClFN5O3/c1-7-16-11(23-18-7)6-22-13(21)9-5-20(19-17-9)10-4-2-3-8(14)12(10)15/h2-5H,6H2,1H3. The van der Waals surface area contributed by atoms with E-state index < -0.39 is 11.8 Å². The molecule has 8 nitrogen and oxygen atoms in total. The minimum absolute atomic E-state index is 0.0612. The van der Waals surface area contributed by atoms with E-state index in [0.29, 0.717) is 5.82 Å². The molecule has 0 N–H and O–H groups in total. The average Bonchev–Trinajstić information content (AvgIpc) is 3.17. The molecule has 0 amide bonds. The van der Waals surface area contributed by atoms with Gasteiger partial charge in [-0.1, -0.05) is 28.0 Å². The van der Waals surface area contributed by atoms with Gasteiger partial charge in [0.1, 0.15) is 5.69 Å². The van der Waals surface area contributed by atoms with E-state index in [1.807, 2.05) is 0 Å². The molecule has 0 saturated carbocycles. The van der Waals surface area contributed by atoms with Crippen molar-refractivity contribution in [3.05, 3.63) is 52.6 Å². The molecule has 0 aliphatic rings. The van der Waals surface area contributed by atoms with Crippen molar-refractivity contribution >= 4 is 17.6 Å². The van der Waals surface area contributed by atoms with Crippen LogP contribution in [0.15, 0.2) is 28.9 Å². The van der Waals surface area contributed by atoms with Crippen molar-refractivity contribution in [2.45, 2.75) is 13.5 Å². The molecule has 0 aliphatic carbocycles. The zero-order chi connectivity index (χ0) is 16.4. The number of halogens is 2. The predicted octanol–water partition coefficient (Wildman–Crippen LogP) is 2.11. The van der Waals surface area contributed by atoms with Crippen molar-refractivity contribution < 1.29 is 18.4 Å². The maximum Gasteiger partial charge on any atom is 0.361 e. The second-order valence-corrected chi connectivity index (χ2v) is 4.84. The molecule has 10 heteroatoms. The molecule has 3 rings (SSSR count). The fraction of sp³-hybridized carbons (Fsp3) is 0.154. The van der Waals surface area contributed by atoms with Crippen molar-refractivity contribution in [2.75, 3.05) is 0 Å². The Morgan fingerprint density at radius 2 is 2.30 bits per heavy atom. The lowest BCUT2D eigenvalue weighted by atomic mass is 10.3. The van der Waals surface area contributed by atoms with E-state index in [1.54, 1.807) is 13.0 Å². The third-order valence-corrected chi connectivity index (χ3v) is 3.07. The summed E-state index contributed by atoms with van der Waals surface area (Å²) >= 11 is 5.70. The van der Waals surface area contributed by atoms with Crippen LogP contribution in [0.4, 0.5) is 4.39 Å². The molecule has 0 bridgehead atoms. The van der Waals surface area contributed by atoms with E-state index in [2.05, 4.69) is 20.5 Å². The first kappa shape index (κ1) is 15.1. The fourth-order valence-electron chi connectivity index (χ4n) is 1.74. The largest absolute Gasteiger partial charge is 0.451 e. The van der Waals surface area contributed by atoms with Gasteiger partial charge in [-0.15, -0.1) is 5.10 Å². The average molecular weight is 338 g/mol. The Labute approximate surface area is 133 Å². The maximum absolute atomic E-state index is 13.9. The monoisotopic (exact) mass is 337 g/mol. The number of carbonyl (C=O) groups is 1. The molecule has 3 aromatic rings. The van der Waals surface area contributed by atoms with Gasteiger partial charge in [-0.3, -0.25) is 0 Å². The zero-order valence-corrected chi connectivity index (χ0v) is 12.5. The first-order valence-corrected chi connectivity index (χ1v) is 6.75. The van der Waals surface area contributed by atoms with Gasteiger partial charge in [0, 0.05) is 0 Å². The minimum atomic E-state index is -0.755. The van der Waals surface area contributed by atoms with Gasteiger partial charge in [0.2, 0.25) is 0 Å². The summed E-state index contributed by atoms with van der Waals surface area (Å²) in [7, 11) is 0. The Balaban J connectivity index is 1.73. The minimum Gasteiger partial charge on any atom is -0.451 e. The second kappa shape index (κ2) is 6.13. The number of carbonyl (C=O) groups excluding carboxylic acids is 1. The highest BCUT2D eigenvalue weighted by Crippen LogP contribution is 2.20. The lowest BCUT2D eigenvalue weighted by Crippen LogP contribution is -2.06. The van der Waals surface area contributed by atoms with Crippen LogP contribution in [-0.2, 0) is 11.3 Å². The Morgan fingerprint density at radius 1 is 1.48 bits per heavy atom. The normalized spacial score (nSPS) is 10.7. The van der Waals surface area contributed by atoms with Crippen LogP contribution in [0.5, 0.6) is 0 Å². The quantitative estimate of drug-likeness (QED) is 0.672. The summed E-state index contributed by atoms with van der Waals surface area (Å²) in [6, 6.07) is 4.41. The van der Waals surface area contributed by atoms with Gasteiger partial charge in [0.05, 0.1) is 11.2 Å². The molecule has 0 aliphatic heterocycles. The summed E-state index contributed by atoms with van der Waals surface area (Å²) in [6.45, 7) is 1.44. The number of hydrogen-bond acceptors (Lipinski definition) is 7. The van der Waals surface area contributed by atoms with Gasteiger partial charge >= 0.3 is 5.97 Å². The van der Waals surface area contributed by atoms with Gasteiger partial charge < -0.3 is 9.26 Å². The molecule has 0 radical (unpaired) electrons. The number of hydrogen-bond donors (Lipinski definition) is 0.